The van der Waals surface area contributed by atoms with E-state index in [0.717, 1.165) is 23.1 Å². The van der Waals surface area contributed by atoms with Crippen molar-refractivity contribution in [3.8, 4) is 11.3 Å². The summed E-state index contributed by atoms with van der Waals surface area (Å²) in [6, 6.07) is 10.3. The SMILES string of the molecule is Cc1c(C(=O)N(C)CCCc2cc(-c3cccc(F)c3)n[nH]2)sc2nc(C(F)(F)F)ccc12. The molecule has 33 heavy (non-hydrogen) atoms. The Labute approximate surface area is 191 Å². The number of aromatic nitrogens is 3. The van der Waals surface area contributed by atoms with Crippen molar-refractivity contribution in [2.75, 3.05) is 13.6 Å². The van der Waals surface area contributed by atoms with Gasteiger partial charge in [0.25, 0.3) is 5.91 Å². The van der Waals surface area contributed by atoms with Crippen LogP contribution in [-0.2, 0) is 12.6 Å². The molecule has 3 aromatic heterocycles. The van der Waals surface area contributed by atoms with E-state index in [2.05, 4.69) is 15.2 Å². The third-order valence-electron chi connectivity index (χ3n) is 5.33. The molecular formula is C23H20F4N4OS. The Morgan fingerprint density at radius 2 is 1.97 bits per heavy atom. The Morgan fingerprint density at radius 3 is 2.70 bits per heavy atom. The molecule has 1 N–H and O–H groups in total. The van der Waals surface area contributed by atoms with Gasteiger partial charge in [-0.1, -0.05) is 12.1 Å². The van der Waals surface area contributed by atoms with Crippen LogP contribution < -0.4 is 0 Å². The van der Waals surface area contributed by atoms with Gasteiger partial charge in [-0.15, -0.1) is 11.3 Å². The van der Waals surface area contributed by atoms with Crippen molar-refractivity contribution in [1.29, 1.82) is 0 Å². The van der Waals surface area contributed by atoms with Gasteiger partial charge < -0.3 is 4.90 Å². The maximum atomic E-state index is 13.4. The molecule has 0 aliphatic carbocycles. The second-order valence-electron chi connectivity index (χ2n) is 7.72. The molecule has 0 spiro atoms. The zero-order valence-electron chi connectivity index (χ0n) is 17.8. The standard InChI is InChI=1S/C23H20F4N4OS/c1-13-17-8-9-19(23(25,26)27)28-21(17)33-20(13)22(32)31(2)10-4-7-16-12-18(30-29-16)14-5-3-6-15(24)11-14/h3,5-6,8-9,11-12H,4,7,10H2,1-2H3,(H,29,30). The molecule has 1 amide bonds. The highest BCUT2D eigenvalue weighted by Gasteiger charge is 2.33. The van der Waals surface area contributed by atoms with Crippen molar-refractivity contribution in [3.05, 3.63) is 70.1 Å². The number of rotatable bonds is 6. The minimum absolute atomic E-state index is 0.196. The number of amides is 1. The molecule has 1 aromatic carbocycles. The first-order valence-corrected chi connectivity index (χ1v) is 11.0. The Bertz CT molecular complexity index is 1310. The number of aromatic amines is 1. The third kappa shape index (κ3) is 4.90. The summed E-state index contributed by atoms with van der Waals surface area (Å²) in [5.74, 6) is -0.590. The summed E-state index contributed by atoms with van der Waals surface area (Å²) in [4.78, 5) is 18.7. The van der Waals surface area contributed by atoms with E-state index in [1.807, 2.05) is 6.07 Å². The van der Waals surface area contributed by atoms with Crippen LogP contribution >= 0.6 is 11.3 Å². The van der Waals surface area contributed by atoms with Gasteiger partial charge in [0, 0.05) is 30.2 Å². The molecule has 0 aliphatic rings. The van der Waals surface area contributed by atoms with Crippen molar-refractivity contribution in [2.45, 2.75) is 25.9 Å². The van der Waals surface area contributed by atoms with Crippen molar-refractivity contribution >= 4 is 27.5 Å². The number of carbonyl (C=O) groups is 1. The summed E-state index contributed by atoms with van der Waals surface area (Å²) in [5, 5.41) is 7.69. The van der Waals surface area contributed by atoms with Crippen molar-refractivity contribution < 1.29 is 22.4 Å². The lowest BCUT2D eigenvalue weighted by Crippen LogP contribution is -2.27. The molecule has 4 rings (SSSR count). The van der Waals surface area contributed by atoms with E-state index >= 15 is 0 Å². The number of hydrogen-bond acceptors (Lipinski definition) is 4. The largest absolute Gasteiger partial charge is 0.433 e. The van der Waals surface area contributed by atoms with E-state index in [1.165, 1.54) is 18.2 Å². The quantitative estimate of drug-likeness (QED) is 0.355. The highest BCUT2D eigenvalue weighted by molar-refractivity contribution is 7.20. The molecule has 0 atom stereocenters. The molecular weight excluding hydrogens is 456 g/mol. The molecule has 0 bridgehead atoms. The summed E-state index contributed by atoms with van der Waals surface area (Å²) in [7, 11) is 1.66. The molecule has 0 fully saturated rings. The fourth-order valence-corrected chi connectivity index (χ4v) is 4.70. The number of H-pyrrole nitrogens is 1. The van der Waals surface area contributed by atoms with Crippen LogP contribution in [0.25, 0.3) is 21.5 Å². The van der Waals surface area contributed by atoms with Crippen molar-refractivity contribution in [1.82, 2.24) is 20.1 Å². The van der Waals surface area contributed by atoms with Gasteiger partial charge in [0.15, 0.2) is 0 Å². The van der Waals surface area contributed by atoms with E-state index in [4.69, 9.17) is 0 Å². The van der Waals surface area contributed by atoms with Crippen LogP contribution in [0.1, 0.15) is 33.0 Å². The van der Waals surface area contributed by atoms with Gasteiger partial charge in [-0.2, -0.15) is 18.3 Å². The normalized spacial score (nSPS) is 11.8. The van der Waals surface area contributed by atoms with Crippen LogP contribution in [0.15, 0.2) is 42.5 Å². The molecule has 4 aromatic rings. The molecule has 0 radical (unpaired) electrons. The maximum Gasteiger partial charge on any atom is 0.433 e. The lowest BCUT2D eigenvalue weighted by atomic mass is 10.1. The zero-order chi connectivity index (χ0) is 23.8. The Kier molecular flexibility index (Phi) is 6.20. The molecule has 0 aliphatic heterocycles. The molecule has 3 heterocycles. The predicted molar refractivity (Wildman–Crippen MR) is 119 cm³/mol. The number of fused-ring (bicyclic) bond motifs is 1. The number of nitrogens with one attached hydrogen (secondary N) is 1. The van der Waals surface area contributed by atoms with Crippen LogP contribution in [0.4, 0.5) is 17.6 Å². The van der Waals surface area contributed by atoms with Gasteiger partial charge in [0.2, 0.25) is 0 Å². The summed E-state index contributed by atoms with van der Waals surface area (Å²) < 4.78 is 52.3. The van der Waals surface area contributed by atoms with E-state index in [-0.39, 0.29) is 16.6 Å². The first-order valence-electron chi connectivity index (χ1n) is 10.2. The minimum Gasteiger partial charge on any atom is -0.341 e. The van der Waals surface area contributed by atoms with Gasteiger partial charge in [-0.3, -0.25) is 9.89 Å². The zero-order valence-corrected chi connectivity index (χ0v) is 18.6. The number of halogens is 4. The number of hydrogen-bond donors (Lipinski definition) is 1. The van der Waals surface area contributed by atoms with E-state index in [9.17, 15) is 22.4 Å². The number of thiophene rings is 1. The lowest BCUT2D eigenvalue weighted by Gasteiger charge is -2.16. The molecule has 10 heteroatoms. The molecule has 0 saturated carbocycles. The van der Waals surface area contributed by atoms with Gasteiger partial charge in [-0.25, -0.2) is 9.37 Å². The van der Waals surface area contributed by atoms with Gasteiger partial charge in [0.1, 0.15) is 16.3 Å². The maximum absolute atomic E-state index is 13.4. The predicted octanol–water partition coefficient (Wildman–Crippen LogP) is 5.86. The topological polar surface area (TPSA) is 61.9 Å². The lowest BCUT2D eigenvalue weighted by molar-refractivity contribution is -0.140. The average molecular weight is 476 g/mol. The van der Waals surface area contributed by atoms with Gasteiger partial charge in [0.05, 0.1) is 10.6 Å². The first kappa shape index (κ1) is 22.9. The fourth-order valence-electron chi connectivity index (χ4n) is 3.53. The van der Waals surface area contributed by atoms with E-state index in [0.29, 0.717) is 46.5 Å². The van der Waals surface area contributed by atoms with Gasteiger partial charge >= 0.3 is 6.18 Å². The molecule has 0 unspecified atom stereocenters. The molecule has 5 nitrogen and oxygen atoms in total. The number of aryl methyl sites for hydroxylation is 2. The smallest absolute Gasteiger partial charge is 0.341 e. The van der Waals surface area contributed by atoms with E-state index in [1.54, 1.807) is 31.0 Å². The van der Waals surface area contributed by atoms with E-state index < -0.39 is 11.9 Å². The summed E-state index contributed by atoms with van der Waals surface area (Å²) >= 11 is 0.973. The van der Waals surface area contributed by atoms with Gasteiger partial charge in [-0.05, 0) is 55.7 Å². The monoisotopic (exact) mass is 476 g/mol. The summed E-state index contributed by atoms with van der Waals surface area (Å²) in [6.07, 6.45) is -3.26. The van der Waals surface area contributed by atoms with Crippen LogP contribution in [0, 0.1) is 12.7 Å². The average Bonchev–Trinajstić information content (AvgIpc) is 3.37. The number of alkyl halides is 3. The van der Waals surface area contributed by atoms with Crippen LogP contribution in [-0.4, -0.2) is 39.6 Å². The Hall–Kier alpha value is -3.27. The number of carbonyl (C=O) groups excluding carboxylic acids is 1. The molecule has 0 saturated heterocycles. The van der Waals surface area contributed by atoms with Crippen molar-refractivity contribution in [2.24, 2.45) is 0 Å². The number of pyridine rings is 1. The fraction of sp³-hybridized carbons (Fsp3) is 0.261. The highest BCUT2D eigenvalue weighted by Crippen LogP contribution is 2.34. The second kappa shape index (κ2) is 8.93. The number of nitrogens with zero attached hydrogens (tertiary/aromatic N) is 3. The Balaban J connectivity index is 1.40. The first-order chi connectivity index (χ1) is 15.6. The van der Waals surface area contributed by atoms with Crippen LogP contribution in [0.5, 0.6) is 0 Å². The van der Waals surface area contributed by atoms with Crippen LogP contribution in [0.2, 0.25) is 0 Å². The Morgan fingerprint density at radius 1 is 1.18 bits per heavy atom. The third-order valence-corrected chi connectivity index (χ3v) is 6.52. The van der Waals surface area contributed by atoms with Crippen LogP contribution in [0.3, 0.4) is 0 Å². The van der Waals surface area contributed by atoms with Crippen molar-refractivity contribution in [3.63, 3.8) is 0 Å². The number of benzene rings is 1. The molecule has 172 valence electrons. The minimum atomic E-state index is -4.53. The second-order valence-corrected chi connectivity index (χ2v) is 8.72. The highest BCUT2D eigenvalue weighted by atomic mass is 32.1. The summed E-state index contributed by atoms with van der Waals surface area (Å²) in [6.45, 7) is 2.16. The summed E-state index contributed by atoms with van der Waals surface area (Å²) in [5.41, 5.74) is 1.83.